The van der Waals surface area contributed by atoms with Gasteiger partial charge in [-0.3, -0.25) is 4.99 Å². The average molecular weight is 305 g/mol. The van der Waals surface area contributed by atoms with Crippen molar-refractivity contribution in [3.63, 3.8) is 0 Å². The summed E-state index contributed by atoms with van der Waals surface area (Å²) in [5, 5.41) is 0. The number of nitrogens with two attached hydrogens (primary N) is 2. The lowest BCUT2D eigenvalue weighted by Gasteiger charge is -2.39. The van der Waals surface area contributed by atoms with Crippen LogP contribution in [0, 0.1) is 5.82 Å². The first-order chi connectivity index (χ1) is 9.93. The van der Waals surface area contributed by atoms with Gasteiger partial charge in [0.25, 0.3) is 0 Å². The highest BCUT2D eigenvalue weighted by Gasteiger charge is 2.48. The highest BCUT2D eigenvalue weighted by atomic mass is 19.1. The van der Waals surface area contributed by atoms with E-state index in [0.717, 1.165) is 6.07 Å². The standard InChI is InChI=1S/C13H15F4N3O/c14-4-12(9-3-8(18)1-2-10(9)17)7-21-13(5-15,6-16)11(19)20-12/h1-3H,4-7,18H2,(H2,19,20)/t12-/m0/s1. The molecule has 1 aliphatic heterocycles. The van der Waals surface area contributed by atoms with Crippen LogP contribution >= 0.6 is 0 Å². The van der Waals surface area contributed by atoms with Crippen molar-refractivity contribution in [1.82, 2.24) is 0 Å². The van der Waals surface area contributed by atoms with E-state index >= 15 is 0 Å². The summed E-state index contributed by atoms with van der Waals surface area (Å²) in [7, 11) is 0. The van der Waals surface area contributed by atoms with Gasteiger partial charge in [-0.25, -0.2) is 17.6 Å². The highest BCUT2D eigenvalue weighted by molar-refractivity contribution is 5.90. The van der Waals surface area contributed by atoms with Crippen LogP contribution in [-0.4, -0.2) is 38.1 Å². The van der Waals surface area contributed by atoms with Gasteiger partial charge in [-0.2, -0.15) is 0 Å². The van der Waals surface area contributed by atoms with Gasteiger partial charge in [0.05, 0.1) is 6.61 Å². The summed E-state index contributed by atoms with van der Waals surface area (Å²) < 4.78 is 58.5. The Morgan fingerprint density at radius 3 is 2.33 bits per heavy atom. The molecule has 0 spiro atoms. The molecule has 0 radical (unpaired) electrons. The lowest BCUT2D eigenvalue weighted by atomic mass is 9.89. The van der Waals surface area contributed by atoms with Crippen molar-refractivity contribution in [2.45, 2.75) is 11.1 Å². The minimum atomic E-state index is -2.03. The van der Waals surface area contributed by atoms with Gasteiger partial charge >= 0.3 is 0 Å². The molecule has 0 saturated heterocycles. The minimum absolute atomic E-state index is 0.167. The summed E-state index contributed by atoms with van der Waals surface area (Å²) in [4.78, 5) is 3.82. The van der Waals surface area contributed by atoms with Crippen molar-refractivity contribution in [2.24, 2.45) is 10.7 Å². The van der Waals surface area contributed by atoms with Crippen molar-refractivity contribution >= 4 is 11.5 Å². The maximum Gasteiger partial charge on any atom is 0.181 e. The fourth-order valence-electron chi connectivity index (χ4n) is 2.12. The molecule has 1 aromatic carbocycles. The largest absolute Gasteiger partial charge is 0.399 e. The molecule has 0 aliphatic carbocycles. The average Bonchev–Trinajstić information content (AvgIpc) is 2.50. The SMILES string of the molecule is NC1=N[C@](CF)(c2cc(N)ccc2F)COC1(CF)CF. The molecule has 1 aliphatic rings. The van der Waals surface area contributed by atoms with Gasteiger partial charge in [-0.05, 0) is 18.2 Å². The number of hydrogen-bond acceptors (Lipinski definition) is 4. The van der Waals surface area contributed by atoms with Crippen LogP contribution in [0.15, 0.2) is 23.2 Å². The van der Waals surface area contributed by atoms with Crippen LogP contribution < -0.4 is 11.5 Å². The second-order valence-corrected chi connectivity index (χ2v) is 4.95. The Balaban J connectivity index is 2.54. The van der Waals surface area contributed by atoms with E-state index in [9.17, 15) is 17.6 Å². The van der Waals surface area contributed by atoms with Crippen LogP contribution in [0.5, 0.6) is 0 Å². The van der Waals surface area contributed by atoms with Crippen molar-refractivity contribution in [3.8, 4) is 0 Å². The van der Waals surface area contributed by atoms with Crippen LogP contribution in [-0.2, 0) is 10.3 Å². The molecule has 0 amide bonds. The molecule has 0 aromatic heterocycles. The van der Waals surface area contributed by atoms with Crippen molar-refractivity contribution < 1.29 is 22.3 Å². The number of rotatable bonds is 4. The lowest BCUT2D eigenvalue weighted by Crippen LogP contribution is -2.58. The van der Waals surface area contributed by atoms with Gasteiger partial charge in [0.2, 0.25) is 0 Å². The molecule has 0 bridgehead atoms. The number of aliphatic imine (C=N–C) groups is 1. The summed E-state index contributed by atoms with van der Waals surface area (Å²) in [5.41, 5.74) is 7.30. The molecule has 0 fully saturated rings. The Labute approximate surface area is 118 Å². The molecule has 2 rings (SSSR count). The Hall–Kier alpha value is -1.83. The van der Waals surface area contributed by atoms with Gasteiger partial charge in [0, 0.05) is 11.3 Å². The number of nitrogens with zero attached hydrogens (tertiary/aromatic N) is 1. The van der Waals surface area contributed by atoms with Gasteiger partial charge in [-0.15, -0.1) is 0 Å². The second-order valence-electron chi connectivity index (χ2n) is 4.95. The van der Waals surface area contributed by atoms with E-state index in [2.05, 4.69) is 4.99 Å². The maximum absolute atomic E-state index is 13.9. The molecule has 1 aromatic rings. The number of halogens is 4. The zero-order valence-electron chi connectivity index (χ0n) is 11.1. The third-order valence-electron chi connectivity index (χ3n) is 3.53. The predicted molar refractivity (Wildman–Crippen MR) is 70.7 cm³/mol. The first kappa shape index (κ1) is 15.6. The van der Waals surface area contributed by atoms with Gasteiger partial charge in [0.15, 0.2) is 5.60 Å². The molecule has 0 unspecified atom stereocenters. The van der Waals surface area contributed by atoms with Crippen molar-refractivity contribution in [3.05, 3.63) is 29.6 Å². The van der Waals surface area contributed by atoms with Gasteiger partial charge in [0.1, 0.15) is 37.2 Å². The van der Waals surface area contributed by atoms with Crippen LogP contribution in [0.3, 0.4) is 0 Å². The summed E-state index contributed by atoms with van der Waals surface area (Å²) in [6, 6.07) is 3.56. The fourth-order valence-corrected chi connectivity index (χ4v) is 2.12. The molecule has 1 atom stereocenters. The quantitative estimate of drug-likeness (QED) is 0.656. The first-order valence-corrected chi connectivity index (χ1v) is 6.16. The van der Waals surface area contributed by atoms with E-state index in [0.29, 0.717) is 0 Å². The monoisotopic (exact) mass is 305 g/mol. The Kier molecular flexibility index (Phi) is 4.08. The van der Waals surface area contributed by atoms with E-state index in [1.54, 1.807) is 0 Å². The summed E-state index contributed by atoms with van der Waals surface area (Å²) in [6.07, 6.45) is 0. The van der Waals surface area contributed by atoms with E-state index in [-0.39, 0.29) is 11.3 Å². The van der Waals surface area contributed by atoms with E-state index in [4.69, 9.17) is 16.2 Å². The lowest BCUT2D eigenvalue weighted by molar-refractivity contribution is -0.0644. The summed E-state index contributed by atoms with van der Waals surface area (Å²) in [6.45, 7) is -4.19. The van der Waals surface area contributed by atoms with Crippen LogP contribution in [0.4, 0.5) is 23.2 Å². The number of ether oxygens (including phenoxy) is 1. The van der Waals surface area contributed by atoms with Crippen molar-refractivity contribution in [1.29, 1.82) is 0 Å². The summed E-state index contributed by atoms with van der Waals surface area (Å²) in [5.74, 6) is -1.30. The number of anilines is 1. The third-order valence-corrected chi connectivity index (χ3v) is 3.53. The number of amidine groups is 1. The maximum atomic E-state index is 13.9. The number of alkyl halides is 3. The predicted octanol–water partition coefficient (Wildman–Crippen LogP) is 1.64. The fraction of sp³-hybridized carbons (Fsp3) is 0.462. The third kappa shape index (κ3) is 2.44. The van der Waals surface area contributed by atoms with E-state index in [1.807, 2.05) is 0 Å². The molecule has 21 heavy (non-hydrogen) atoms. The molecule has 8 heteroatoms. The number of benzene rings is 1. The number of nitrogen functional groups attached to an aromatic ring is 1. The molecule has 1 heterocycles. The van der Waals surface area contributed by atoms with Crippen LogP contribution in [0.25, 0.3) is 0 Å². The second kappa shape index (κ2) is 5.51. The van der Waals surface area contributed by atoms with Crippen molar-refractivity contribution in [2.75, 3.05) is 32.4 Å². The molecule has 116 valence electrons. The zero-order chi connectivity index (χ0) is 15.7. The Morgan fingerprint density at radius 2 is 1.81 bits per heavy atom. The topological polar surface area (TPSA) is 73.6 Å². The summed E-state index contributed by atoms with van der Waals surface area (Å²) >= 11 is 0. The molecule has 4 N–H and O–H groups in total. The molecular weight excluding hydrogens is 290 g/mol. The Bertz CT molecular complexity index is 562. The smallest absolute Gasteiger partial charge is 0.181 e. The van der Waals surface area contributed by atoms with Crippen LogP contribution in [0.1, 0.15) is 5.56 Å². The molecular formula is C13H15F4N3O. The first-order valence-electron chi connectivity index (χ1n) is 6.16. The normalized spacial score (nSPS) is 24.7. The molecule has 0 saturated carbocycles. The highest BCUT2D eigenvalue weighted by Crippen LogP contribution is 2.36. The van der Waals surface area contributed by atoms with Gasteiger partial charge in [-0.1, -0.05) is 0 Å². The van der Waals surface area contributed by atoms with Gasteiger partial charge < -0.3 is 16.2 Å². The zero-order valence-corrected chi connectivity index (χ0v) is 11.1. The Morgan fingerprint density at radius 1 is 1.14 bits per heavy atom. The van der Waals surface area contributed by atoms with E-state index in [1.165, 1.54) is 12.1 Å². The number of hydrogen-bond donors (Lipinski definition) is 2. The minimum Gasteiger partial charge on any atom is -0.399 e. The molecule has 4 nitrogen and oxygen atoms in total. The van der Waals surface area contributed by atoms with E-state index < -0.39 is 49.4 Å². The van der Waals surface area contributed by atoms with Crippen LogP contribution in [0.2, 0.25) is 0 Å².